The van der Waals surface area contributed by atoms with Crippen molar-refractivity contribution in [1.82, 2.24) is 9.80 Å². The molecule has 0 radical (unpaired) electrons. The van der Waals surface area contributed by atoms with Gasteiger partial charge in [0.2, 0.25) is 5.91 Å². The second-order valence-corrected chi connectivity index (χ2v) is 12.7. The Morgan fingerprint density at radius 1 is 0.902 bits per heavy atom. The third-order valence-electron chi connectivity index (χ3n) is 7.29. The van der Waals surface area contributed by atoms with E-state index < -0.39 is 5.60 Å². The van der Waals surface area contributed by atoms with Gasteiger partial charge >= 0.3 is 0 Å². The number of benzene rings is 3. The fourth-order valence-corrected chi connectivity index (χ4v) is 4.88. The number of hydrogen-bond acceptors (Lipinski definition) is 5. The third kappa shape index (κ3) is 11.4. The van der Waals surface area contributed by atoms with Crippen molar-refractivity contribution in [2.24, 2.45) is 5.73 Å². The van der Waals surface area contributed by atoms with Crippen LogP contribution in [0.25, 0.3) is 10.8 Å². The van der Waals surface area contributed by atoms with Crippen LogP contribution in [0, 0.1) is 0 Å². The Balaban J connectivity index is 1.84. The van der Waals surface area contributed by atoms with E-state index in [1.165, 1.54) is 21.9 Å². The summed E-state index contributed by atoms with van der Waals surface area (Å²) < 4.78 is 6.00. The van der Waals surface area contributed by atoms with E-state index in [1.54, 1.807) is 19.9 Å². The summed E-state index contributed by atoms with van der Waals surface area (Å²) >= 11 is 0. The molecular formula is C35H49N3O3. The molecule has 0 saturated carbocycles. The topological polar surface area (TPSA) is 79.0 Å². The highest BCUT2D eigenvalue weighted by Gasteiger charge is 2.26. The van der Waals surface area contributed by atoms with Gasteiger partial charge in [0, 0.05) is 31.2 Å². The zero-order chi connectivity index (χ0) is 30.0. The van der Waals surface area contributed by atoms with Crippen LogP contribution in [0.5, 0.6) is 0 Å². The Morgan fingerprint density at radius 2 is 1.54 bits per heavy atom. The normalized spacial score (nSPS) is 14.1. The Kier molecular flexibility index (Phi) is 11.7. The number of nitrogens with zero attached hydrogens (tertiary/aromatic N) is 2. The van der Waals surface area contributed by atoms with Crippen molar-refractivity contribution in [3.8, 4) is 0 Å². The predicted octanol–water partition coefficient (Wildman–Crippen LogP) is 5.22. The maximum absolute atomic E-state index is 13.3. The number of fused-ring (bicyclic) bond motifs is 1. The van der Waals surface area contributed by atoms with Crippen LogP contribution in [0.4, 0.5) is 0 Å². The van der Waals surface area contributed by atoms with E-state index in [0.29, 0.717) is 19.6 Å². The zero-order valence-electron chi connectivity index (χ0n) is 25.7. The summed E-state index contributed by atoms with van der Waals surface area (Å²) in [6, 6.07) is 25.3. The summed E-state index contributed by atoms with van der Waals surface area (Å²) in [5, 5.41) is 12.6. The van der Waals surface area contributed by atoms with Gasteiger partial charge in [0.05, 0.1) is 18.8 Å². The van der Waals surface area contributed by atoms with Crippen LogP contribution in [0.2, 0.25) is 0 Å². The van der Waals surface area contributed by atoms with Crippen LogP contribution in [-0.4, -0.2) is 77.9 Å². The predicted molar refractivity (Wildman–Crippen MR) is 170 cm³/mol. The molecule has 2 atom stereocenters. The highest BCUT2D eigenvalue weighted by atomic mass is 16.5. The molecule has 0 fully saturated rings. The van der Waals surface area contributed by atoms with Gasteiger partial charge in [0.25, 0.3) is 0 Å². The van der Waals surface area contributed by atoms with Crippen molar-refractivity contribution in [1.29, 1.82) is 0 Å². The first-order valence-electron chi connectivity index (χ1n) is 14.5. The second-order valence-electron chi connectivity index (χ2n) is 12.7. The molecule has 222 valence electrons. The van der Waals surface area contributed by atoms with Crippen LogP contribution in [0.3, 0.4) is 0 Å². The molecule has 0 bridgehead atoms. The number of carbonyl (C=O) groups excluding carboxylic acids is 1. The van der Waals surface area contributed by atoms with E-state index in [2.05, 4.69) is 60.5 Å². The van der Waals surface area contributed by atoms with Crippen molar-refractivity contribution in [2.75, 3.05) is 33.9 Å². The lowest BCUT2D eigenvalue weighted by Gasteiger charge is -2.36. The quantitative estimate of drug-likeness (QED) is 0.250. The molecule has 0 aliphatic carbocycles. The molecule has 0 saturated heterocycles. The Morgan fingerprint density at radius 3 is 2.20 bits per heavy atom. The van der Waals surface area contributed by atoms with Crippen molar-refractivity contribution in [3.63, 3.8) is 0 Å². The number of ether oxygens (including phenoxy) is 1. The number of likely N-dealkylation sites (N-methyl/N-ethyl adjacent to an activating group) is 2. The molecule has 3 aromatic rings. The van der Waals surface area contributed by atoms with Crippen LogP contribution < -0.4 is 5.73 Å². The summed E-state index contributed by atoms with van der Waals surface area (Å²) in [4.78, 5) is 17.5. The highest BCUT2D eigenvalue weighted by Crippen LogP contribution is 2.20. The van der Waals surface area contributed by atoms with Crippen LogP contribution in [0.1, 0.15) is 45.2 Å². The highest BCUT2D eigenvalue weighted by molar-refractivity contribution is 5.87. The van der Waals surface area contributed by atoms with Gasteiger partial charge in [-0.05, 0) is 82.0 Å². The molecule has 3 rings (SSSR count). The monoisotopic (exact) mass is 559 g/mol. The van der Waals surface area contributed by atoms with Crippen LogP contribution in [0.15, 0.2) is 84.9 Å². The molecule has 3 aromatic carbocycles. The fourth-order valence-electron chi connectivity index (χ4n) is 4.88. The van der Waals surface area contributed by atoms with Gasteiger partial charge in [-0.25, -0.2) is 0 Å². The number of hydrogen-bond donors (Lipinski definition) is 2. The number of amides is 1. The van der Waals surface area contributed by atoms with Crippen molar-refractivity contribution < 1.29 is 14.6 Å². The van der Waals surface area contributed by atoms with Gasteiger partial charge < -0.3 is 20.5 Å². The molecule has 0 aliphatic heterocycles. The first kappa shape index (κ1) is 32.5. The number of carbonyl (C=O) groups is 1. The lowest BCUT2D eigenvalue weighted by Crippen LogP contribution is -2.49. The van der Waals surface area contributed by atoms with E-state index in [9.17, 15) is 9.90 Å². The maximum atomic E-state index is 13.3. The minimum Gasteiger partial charge on any atom is -0.388 e. The molecule has 6 nitrogen and oxygen atoms in total. The summed E-state index contributed by atoms with van der Waals surface area (Å²) in [6.45, 7) is 8.81. The molecule has 0 aliphatic rings. The molecule has 3 N–H and O–H groups in total. The van der Waals surface area contributed by atoms with Crippen LogP contribution >= 0.6 is 0 Å². The molecule has 6 heteroatoms. The van der Waals surface area contributed by atoms with Gasteiger partial charge in [-0.3, -0.25) is 9.69 Å². The molecule has 0 heterocycles. The third-order valence-corrected chi connectivity index (χ3v) is 7.29. The van der Waals surface area contributed by atoms with Gasteiger partial charge in [0.15, 0.2) is 0 Å². The average molecular weight is 560 g/mol. The molecular weight excluding hydrogens is 510 g/mol. The summed E-state index contributed by atoms with van der Waals surface area (Å²) in [5.41, 5.74) is 7.27. The fraction of sp³-hybridized carbons (Fsp3) is 0.457. The molecule has 41 heavy (non-hydrogen) atoms. The first-order chi connectivity index (χ1) is 19.3. The zero-order valence-corrected chi connectivity index (χ0v) is 25.7. The van der Waals surface area contributed by atoms with E-state index in [0.717, 1.165) is 12.8 Å². The number of aliphatic hydroxyl groups is 1. The lowest BCUT2D eigenvalue weighted by molar-refractivity contribution is -0.127. The first-order valence-corrected chi connectivity index (χ1v) is 14.5. The van der Waals surface area contributed by atoms with E-state index >= 15 is 0 Å². The van der Waals surface area contributed by atoms with E-state index in [-0.39, 0.29) is 30.1 Å². The Labute approximate surface area is 246 Å². The standard InChI is InChI=1S/C35H49N3O3/c1-34(2,36)20-12-17-33(39)38(6)31(23-28-18-19-29-15-10-11-16-30(29)21-28)24-37(5)32(25-41-26-35(3,4)40)22-27-13-8-7-9-14-27/h7-19,21,31-32,40H,20,22-26,36H2,1-6H3/b17-12+. The Hall–Kier alpha value is -3.03. The van der Waals surface area contributed by atoms with Gasteiger partial charge in [-0.1, -0.05) is 78.9 Å². The van der Waals surface area contributed by atoms with Crippen molar-refractivity contribution in [3.05, 3.63) is 96.1 Å². The summed E-state index contributed by atoms with van der Waals surface area (Å²) in [5.74, 6) is -0.0358. The van der Waals surface area contributed by atoms with E-state index in [1.807, 2.05) is 56.1 Å². The van der Waals surface area contributed by atoms with E-state index in [4.69, 9.17) is 10.5 Å². The number of nitrogens with two attached hydrogens (primary N) is 1. The van der Waals surface area contributed by atoms with Gasteiger partial charge in [0.1, 0.15) is 0 Å². The minimum atomic E-state index is -0.897. The second kappa shape index (κ2) is 14.7. The molecule has 2 unspecified atom stereocenters. The SMILES string of the molecule is CN(CC(Cc1ccc2ccccc2c1)N(C)C(=O)/C=C/CC(C)(C)N)C(COCC(C)(C)O)Cc1ccccc1. The Bertz CT molecular complexity index is 1260. The van der Waals surface area contributed by atoms with Gasteiger partial charge in [-0.15, -0.1) is 0 Å². The van der Waals surface area contributed by atoms with Gasteiger partial charge in [-0.2, -0.15) is 0 Å². The average Bonchev–Trinajstić information content (AvgIpc) is 2.90. The molecule has 0 aromatic heterocycles. The lowest BCUT2D eigenvalue weighted by atomic mass is 9.99. The minimum absolute atomic E-state index is 0.0358. The molecule has 0 spiro atoms. The van der Waals surface area contributed by atoms with Crippen molar-refractivity contribution >= 4 is 16.7 Å². The maximum Gasteiger partial charge on any atom is 0.246 e. The van der Waals surface area contributed by atoms with Crippen molar-refractivity contribution in [2.45, 2.75) is 70.2 Å². The van der Waals surface area contributed by atoms with Crippen LogP contribution in [-0.2, 0) is 22.4 Å². The summed E-state index contributed by atoms with van der Waals surface area (Å²) in [7, 11) is 3.98. The largest absolute Gasteiger partial charge is 0.388 e. The smallest absolute Gasteiger partial charge is 0.246 e. The number of rotatable bonds is 15. The molecule has 1 amide bonds. The summed E-state index contributed by atoms with van der Waals surface area (Å²) in [6.07, 6.45) is 5.67.